The van der Waals surface area contributed by atoms with E-state index in [2.05, 4.69) is 57.7 Å². The van der Waals surface area contributed by atoms with Gasteiger partial charge < -0.3 is 10.2 Å². The third-order valence-electron chi connectivity index (χ3n) is 4.09. The third kappa shape index (κ3) is 3.90. The molecule has 1 saturated heterocycles. The Kier molecular flexibility index (Phi) is 4.98. The zero-order valence-electron chi connectivity index (χ0n) is 12.4. The number of hydrogen-bond donors (Lipinski definition) is 1. The molecular weight excluding hydrogens is 258 g/mol. The van der Waals surface area contributed by atoms with E-state index in [-0.39, 0.29) is 6.04 Å². The van der Waals surface area contributed by atoms with Crippen molar-refractivity contribution in [2.45, 2.75) is 18.9 Å². The van der Waals surface area contributed by atoms with Crippen LogP contribution in [-0.4, -0.2) is 36.1 Å². The summed E-state index contributed by atoms with van der Waals surface area (Å²) in [7, 11) is 0. The van der Waals surface area contributed by atoms with Crippen LogP contribution in [0.5, 0.6) is 0 Å². The average Bonchev–Trinajstić information content (AvgIpc) is 3.07. The fourth-order valence-corrected chi connectivity index (χ4v) is 2.96. The fraction of sp³-hybridized carbons (Fsp3) is 0.389. The van der Waals surface area contributed by atoms with Crippen molar-refractivity contribution in [3.63, 3.8) is 0 Å². The standard InChI is InChI=1S/C18H23N3/c1-2-8-16(9-3-1)18(17-10-4-5-11-19-17)20-12-15-21-13-6-7-14-21/h1-5,8-11,18,20H,6-7,12-15H2. The Morgan fingerprint density at radius 1 is 1.00 bits per heavy atom. The molecule has 1 N–H and O–H groups in total. The van der Waals surface area contributed by atoms with Gasteiger partial charge in [-0.25, -0.2) is 0 Å². The van der Waals surface area contributed by atoms with Crippen LogP contribution >= 0.6 is 0 Å². The molecule has 0 radical (unpaired) electrons. The van der Waals surface area contributed by atoms with Crippen LogP contribution in [0.25, 0.3) is 0 Å². The number of likely N-dealkylation sites (tertiary alicyclic amines) is 1. The summed E-state index contributed by atoms with van der Waals surface area (Å²) in [4.78, 5) is 7.06. The van der Waals surface area contributed by atoms with E-state index < -0.39 is 0 Å². The first-order valence-electron chi connectivity index (χ1n) is 7.85. The summed E-state index contributed by atoms with van der Waals surface area (Å²) in [6.45, 7) is 4.62. The van der Waals surface area contributed by atoms with E-state index in [1.54, 1.807) is 0 Å². The molecule has 0 saturated carbocycles. The molecule has 1 aliphatic rings. The number of nitrogens with one attached hydrogen (secondary N) is 1. The minimum Gasteiger partial charge on any atom is -0.304 e. The lowest BCUT2D eigenvalue weighted by Crippen LogP contribution is -2.33. The highest BCUT2D eigenvalue weighted by molar-refractivity contribution is 5.27. The lowest BCUT2D eigenvalue weighted by Gasteiger charge is -2.21. The van der Waals surface area contributed by atoms with Crippen LogP contribution in [-0.2, 0) is 0 Å². The van der Waals surface area contributed by atoms with Crippen molar-refractivity contribution in [3.05, 3.63) is 66.0 Å². The molecule has 1 unspecified atom stereocenters. The normalized spacial score (nSPS) is 17.0. The Balaban J connectivity index is 1.67. The van der Waals surface area contributed by atoms with Crippen LogP contribution in [0, 0.1) is 0 Å². The first-order chi connectivity index (χ1) is 10.4. The Bertz CT molecular complexity index is 481. The number of rotatable bonds is 6. The SMILES string of the molecule is c1ccc(C(NCCN2CCCC2)c2ccccn2)cc1. The number of nitrogens with zero attached hydrogens (tertiary/aromatic N) is 2. The van der Waals surface area contributed by atoms with Gasteiger partial charge in [-0.05, 0) is 43.6 Å². The van der Waals surface area contributed by atoms with Gasteiger partial charge in [-0.3, -0.25) is 4.98 Å². The maximum Gasteiger partial charge on any atom is 0.0751 e. The molecule has 21 heavy (non-hydrogen) atoms. The molecule has 3 nitrogen and oxygen atoms in total. The molecular formula is C18H23N3. The molecule has 2 heterocycles. The second-order valence-electron chi connectivity index (χ2n) is 5.60. The summed E-state index contributed by atoms with van der Waals surface area (Å²) >= 11 is 0. The van der Waals surface area contributed by atoms with Crippen molar-refractivity contribution in [1.82, 2.24) is 15.2 Å². The monoisotopic (exact) mass is 281 g/mol. The third-order valence-corrected chi connectivity index (χ3v) is 4.09. The van der Waals surface area contributed by atoms with E-state index in [0.717, 1.165) is 18.8 Å². The van der Waals surface area contributed by atoms with E-state index in [1.807, 2.05) is 12.3 Å². The zero-order valence-corrected chi connectivity index (χ0v) is 12.4. The second kappa shape index (κ2) is 7.34. The minimum absolute atomic E-state index is 0.176. The molecule has 0 bridgehead atoms. The average molecular weight is 281 g/mol. The lowest BCUT2D eigenvalue weighted by atomic mass is 10.0. The molecule has 3 rings (SSSR count). The van der Waals surface area contributed by atoms with E-state index >= 15 is 0 Å². The second-order valence-corrected chi connectivity index (χ2v) is 5.60. The molecule has 110 valence electrons. The van der Waals surface area contributed by atoms with Crippen molar-refractivity contribution in [1.29, 1.82) is 0 Å². The summed E-state index contributed by atoms with van der Waals surface area (Å²) < 4.78 is 0. The van der Waals surface area contributed by atoms with Crippen molar-refractivity contribution in [2.24, 2.45) is 0 Å². The van der Waals surface area contributed by atoms with Crippen molar-refractivity contribution < 1.29 is 0 Å². The maximum atomic E-state index is 4.53. The first-order valence-corrected chi connectivity index (χ1v) is 7.85. The first kappa shape index (κ1) is 14.2. The molecule has 1 atom stereocenters. The van der Waals surface area contributed by atoms with Crippen LogP contribution < -0.4 is 5.32 Å². The largest absolute Gasteiger partial charge is 0.304 e. The number of hydrogen-bond acceptors (Lipinski definition) is 3. The van der Waals surface area contributed by atoms with Gasteiger partial charge in [-0.15, -0.1) is 0 Å². The van der Waals surface area contributed by atoms with Crippen LogP contribution in [0.1, 0.15) is 30.1 Å². The topological polar surface area (TPSA) is 28.2 Å². The molecule has 1 fully saturated rings. The van der Waals surface area contributed by atoms with Gasteiger partial charge in [0, 0.05) is 19.3 Å². The summed E-state index contributed by atoms with van der Waals surface area (Å²) in [5.41, 5.74) is 2.36. The van der Waals surface area contributed by atoms with Crippen LogP contribution in [0.4, 0.5) is 0 Å². The molecule has 1 aromatic carbocycles. The number of aromatic nitrogens is 1. The van der Waals surface area contributed by atoms with E-state index in [4.69, 9.17) is 0 Å². The lowest BCUT2D eigenvalue weighted by molar-refractivity contribution is 0.331. The van der Waals surface area contributed by atoms with Crippen molar-refractivity contribution in [2.75, 3.05) is 26.2 Å². The van der Waals surface area contributed by atoms with Gasteiger partial charge in [0.1, 0.15) is 0 Å². The van der Waals surface area contributed by atoms with Gasteiger partial charge >= 0.3 is 0 Å². The fourth-order valence-electron chi connectivity index (χ4n) is 2.96. The van der Waals surface area contributed by atoms with Gasteiger partial charge in [0.25, 0.3) is 0 Å². The molecule has 1 aromatic heterocycles. The van der Waals surface area contributed by atoms with Gasteiger partial charge in [-0.2, -0.15) is 0 Å². The maximum absolute atomic E-state index is 4.53. The number of benzene rings is 1. The minimum atomic E-state index is 0.176. The van der Waals surface area contributed by atoms with Gasteiger partial charge in [0.2, 0.25) is 0 Å². The Hall–Kier alpha value is -1.71. The quantitative estimate of drug-likeness (QED) is 0.882. The van der Waals surface area contributed by atoms with Gasteiger partial charge in [-0.1, -0.05) is 36.4 Å². The highest BCUT2D eigenvalue weighted by atomic mass is 15.2. The predicted molar refractivity (Wildman–Crippen MR) is 86.2 cm³/mol. The number of pyridine rings is 1. The smallest absolute Gasteiger partial charge is 0.0751 e. The van der Waals surface area contributed by atoms with Crippen LogP contribution in [0.3, 0.4) is 0 Å². The summed E-state index contributed by atoms with van der Waals surface area (Å²) in [6.07, 6.45) is 4.57. The van der Waals surface area contributed by atoms with E-state index in [9.17, 15) is 0 Å². The highest BCUT2D eigenvalue weighted by Crippen LogP contribution is 2.19. The Morgan fingerprint density at radius 3 is 2.48 bits per heavy atom. The van der Waals surface area contributed by atoms with Gasteiger partial charge in [0.05, 0.1) is 11.7 Å². The van der Waals surface area contributed by atoms with Crippen LogP contribution in [0.2, 0.25) is 0 Å². The summed E-state index contributed by atoms with van der Waals surface area (Å²) in [6, 6.07) is 16.9. The van der Waals surface area contributed by atoms with Crippen molar-refractivity contribution in [3.8, 4) is 0 Å². The summed E-state index contributed by atoms with van der Waals surface area (Å²) in [5.74, 6) is 0. The van der Waals surface area contributed by atoms with Crippen molar-refractivity contribution >= 4 is 0 Å². The zero-order chi connectivity index (χ0) is 14.3. The van der Waals surface area contributed by atoms with E-state index in [0.29, 0.717) is 0 Å². The summed E-state index contributed by atoms with van der Waals surface area (Å²) in [5, 5.41) is 3.68. The molecule has 1 aliphatic heterocycles. The Morgan fingerprint density at radius 2 is 1.76 bits per heavy atom. The molecule has 0 amide bonds. The predicted octanol–water partition coefficient (Wildman–Crippen LogP) is 2.86. The molecule has 0 aliphatic carbocycles. The highest BCUT2D eigenvalue weighted by Gasteiger charge is 2.16. The molecule has 2 aromatic rings. The van der Waals surface area contributed by atoms with Gasteiger partial charge in [0.15, 0.2) is 0 Å². The molecule has 3 heteroatoms. The molecule has 0 spiro atoms. The van der Waals surface area contributed by atoms with Crippen LogP contribution in [0.15, 0.2) is 54.7 Å². The van der Waals surface area contributed by atoms with E-state index in [1.165, 1.54) is 31.5 Å². The Labute approximate surface area is 127 Å².